The summed E-state index contributed by atoms with van der Waals surface area (Å²) < 4.78 is 5.09. The number of aliphatic carboxylic acids is 1. The van der Waals surface area contributed by atoms with Crippen LogP contribution in [-0.4, -0.2) is 35.5 Å². The third-order valence-corrected chi connectivity index (χ3v) is 3.99. The average Bonchev–Trinajstić information content (AvgIpc) is 2.36. The Morgan fingerprint density at radius 3 is 2.42 bits per heavy atom. The Hall–Kier alpha value is -1.20. The summed E-state index contributed by atoms with van der Waals surface area (Å²) in [5.41, 5.74) is -0.932. The summed E-state index contributed by atoms with van der Waals surface area (Å²) in [6.45, 7) is 5.60. The molecule has 106 valence electrons. The lowest BCUT2D eigenvalue weighted by Crippen LogP contribution is -2.54. The van der Waals surface area contributed by atoms with E-state index in [4.69, 9.17) is 4.74 Å². The second-order valence-electron chi connectivity index (χ2n) is 4.90. The van der Waals surface area contributed by atoms with Gasteiger partial charge in [-0.25, -0.2) is 0 Å². The lowest BCUT2D eigenvalue weighted by molar-refractivity contribution is -0.143. The smallest absolute Gasteiger partial charge is 0.324 e. The molecule has 1 rings (SSSR count). The van der Waals surface area contributed by atoms with Crippen LogP contribution in [0.4, 0.5) is 0 Å². The third kappa shape index (κ3) is 4.76. The molecule has 0 aromatic heterocycles. The molecular formula is C14H21NO3S. The molecule has 0 amide bonds. The molecular weight excluding hydrogens is 262 g/mol. The van der Waals surface area contributed by atoms with Gasteiger partial charge in [-0.3, -0.25) is 10.1 Å². The first-order valence-electron chi connectivity index (χ1n) is 6.15. The van der Waals surface area contributed by atoms with Crippen molar-refractivity contribution in [1.82, 2.24) is 5.32 Å². The highest BCUT2D eigenvalue weighted by Gasteiger charge is 2.33. The van der Waals surface area contributed by atoms with Gasteiger partial charge in [0.15, 0.2) is 0 Å². The largest absolute Gasteiger partial charge is 0.497 e. The Balaban J connectivity index is 2.67. The van der Waals surface area contributed by atoms with Crippen LogP contribution >= 0.6 is 11.8 Å². The predicted molar refractivity (Wildman–Crippen MR) is 78.0 cm³/mol. The van der Waals surface area contributed by atoms with Crippen molar-refractivity contribution in [1.29, 1.82) is 0 Å². The molecule has 0 aliphatic carbocycles. The molecule has 0 aliphatic heterocycles. The van der Waals surface area contributed by atoms with Crippen LogP contribution in [0.1, 0.15) is 20.8 Å². The summed E-state index contributed by atoms with van der Waals surface area (Å²) in [4.78, 5) is 12.4. The van der Waals surface area contributed by atoms with Gasteiger partial charge in [-0.1, -0.05) is 0 Å². The number of hydrogen-bond donors (Lipinski definition) is 2. The van der Waals surface area contributed by atoms with Crippen LogP contribution in [0.25, 0.3) is 0 Å². The lowest BCUT2D eigenvalue weighted by atomic mass is 10.1. The monoisotopic (exact) mass is 283 g/mol. The van der Waals surface area contributed by atoms with E-state index in [1.165, 1.54) is 11.8 Å². The minimum atomic E-state index is -0.932. The van der Waals surface area contributed by atoms with Crippen LogP contribution < -0.4 is 10.1 Å². The molecule has 1 atom stereocenters. The highest BCUT2D eigenvalue weighted by atomic mass is 32.2. The van der Waals surface area contributed by atoms with E-state index in [9.17, 15) is 9.90 Å². The average molecular weight is 283 g/mol. The van der Waals surface area contributed by atoms with Crippen LogP contribution in [-0.2, 0) is 4.79 Å². The zero-order valence-corrected chi connectivity index (χ0v) is 12.6. The Morgan fingerprint density at radius 1 is 1.42 bits per heavy atom. The van der Waals surface area contributed by atoms with E-state index in [1.807, 2.05) is 38.1 Å². The minimum Gasteiger partial charge on any atom is -0.497 e. The molecule has 1 unspecified atom stereocenters. The zero-order chi connectivity index (χ0) is 14.5. The van der Waals surface area contributed by atoms with E-state index in [0.29, 0.717) is 5.75 Å². The Bertz CT molecular complexity index is 419. The van der Waals surface area contributed by atoms with Gasteiger partial charge in [0.2, 0.25) is 0 Å². The summed E-state index contributed by atoms with van der Waals surface area (Å²) in [5.74, 6) is 0.431. The number of carboxylic acid groups (broad SMARTS) is 1. The number of hydrogen-bond acceptors (Lipinski definition) is 4. The van der Waals surface area contributed by atoms with Crippen molar-refractivity contribution < 1.29 is 14.6 Å². The molecule has 5 heteroatoms. The number of methoxy groups -OCH3 is 1. The fraction of sp³-hybridized carbons (Fsp3) is 0.500. The lowest BCUT2D eigenvalue weighted by Gasteiger charge is -2.28. The van der Waals surface area contributed by atoms with Crippen LogP contribution in [0, 0.1) is 0 Å². The van der Waals surface area contributed by atoms with Gasteiger partial charge in [0.05, 0.1) is 7.11 Å². The molecule has 4 nitrogen and oxygen atoms in total. The van der Waals surface area contributed by atoms with Crippen molar-refractivity contribution >= 4 is 17.7 Å². The van der Waals surface area contributed by atoms with Crippen molar-refractivity contribution in [3.63, 3.8) is 0 Å². The van der Waals surface area contributed by atoms with Crippen LogP contribution in [0.3, 0.4) is 0 Å². The van der Waals surface area contributed by atoms with Crippen LogP contribution in [0.15, 0.2) is 29.2 Å². The van der Waals surface area contributed by atoms with Crippen molar-refractivity contribution in [3.05, 3.63) is 24.3 Å². The second-order valence-corrected chi connectivity index (χ2v) is 5.95. The Morgan fingerprint density at radius 2 is 2.00 bits per heavy atom. The molecule has 0 saturated heterocycles. The van der Waals surface area contributed by atoms with E-state index < -0.39 is 11.5 Å². The molecule has 0 aliphatic rings. The van der Waals surface area contributed by atoms with E-state index in [2.05, 4.69) is 5.32 Å². The topological polar surface area (TPSA) is 58.6 Å². The van der Waals surface area contributed by atoms with E-state index in [-0.39, 0.29) is 6.04 Å². The molecule has 1 aromatic rings. The summed E-state index contributed by atoms with van der Waals surface area (Å²) in [6, 6.07) is 7.73. The fourth-order valence-electron chi connectivity index (χ4n) is 1.70. The first kappa shape index (κ1) is 15.9. The molecule has 2 N–H and O–H groups in total. The normalized spacial score (nSPS) is 14.2. The number of benzene rings is 1. The Labute approximate surface area is 118 Å². The highest BCUT2D eigenvalue weighted by Crippen LogP contribution is 2.25. The minimum absolute atomic E-state index is 0.123. The van der Waals surface area contributed by atoms with Gasteiger partial charge in [0.25, 0.3) is 0 Å². The maximum absolute atomic E-state index is 11.4. The van der Waals surface area contributed by atoms with Crippen LogP contribution in [0.2, 0.25) is 0 Å². The summed E-state index contributed by atoms with van der Waals surface area (Å²) in [5, 5.41) is 12.4. The molecule has 0 spiro atoms. The quantitative estimate of drug-likeness (QED) is 0.753. The summed E-state index contributed by atoms with van der Waals surface area (Å²) >= 11 is 1.52. The third-order valence-electron chi connectivity index (χ3n) is 2.67. The predicted octanol–water partition coefficient (Wildman–Crippen LogP) is 2.63. The van der Waals surface area contributed by atoms with Gasteiger partial charge in [0.1, 0.15) is 11.3 Å². The molecule has 0 heterocycles. The fourth-order valence-corrected chi connectivity index (χ4v) is 2.69. The zero-order valence-electron chi connectivity index (χ0n) is 11.8. The molecule has 0 saturated carbocycles. The number of ether oxygens (including phenoxy) is 1. The molecule has 19 heavy (non-hydrogen) atoms. The molecule has 0 radical (unpaired) electrons. The maximum Gasteiger partial charge on any atom is 0.324 e. The van der Waals surface area contributed by atoms with E-state index in [1.54, 1.807) is 14.0 Å². The maximum atomic E-state index is 11.4. The summed E-state index contributed by atoms with van der Waals surface area (Å²) in [6.07, 6.45) is 0. The van der Waals surface area contributed by atoms with Gasteiger partial charge < -0.3 is 9.84 Å². The standard InChI is InChI=1S/C14H21NO3S/c1-10(2)15-14(3,13(16)17)9-19-12-7-5-11(18-4)6-8-12/h5-8,10,15H,9H2,1-4H3,(H,16,17). The van der Waals surface area contributed by atoms with Crippen LogP contribution in [0.5, 0.6) is 5.75 Å². The Kier molecular flexibility index (Phi) is 5.69. The first-order valence-corrected chi connectivity index (χ1v) is 7.14. The number of carbonyl (C=O) groups is 1. The van der Waals surface area contributed by atoms with Gasteiger partial charge in [-0.2, -0.15) is 0 Å². The van der Waals surface area contributed by atoms with Gasteiger partial charge in [0, 0.05) is 16.7 Å². The number of rotatable bonds is 7. The highest BCUT2D eigenvalue weighted by molar-refractivity contribution is 7.99. The van der Waals surface area contributed by atoms with Crippen molar-refractivity contribution in [2.24, 2.45) is 0 Å². The van der Waals surface area contributed by atoms with Gasteiger partial charge >= 0.3 is 5.97 Å². The number of carboxylic acids is 1. The van der Waals surface area contributed by atoms with E-state index in [0.717, 1.165) is 10.6 Å². The molecule has 0 bridgehead atoms. The van der Waals surface area contributed by atoms with Crippen molar-refractivity contribution in [3.8, 4) is 5.75 Å². The van der Waals surface area contributed by atoms with Gasteiger partial charge in [-0.15, -0.1) is 11.8 Å². The second kappa shape index (κ2) is 6.82. The SMILES string of the molecule is COc1ccc(SCC(C)(NC(C)C)C(=O)O)cc1. The van der Waals surface area contributed by atoms with Crippen molar-refractivity contribution in [2.45, 2.75) is 37.2 Å². The molecule has 0 fully saturated rings. The molecule has 1 aromatic carbocycles. The number of nitrogens with one attached hydrogen (secondary N) is 1. The van der Waals surface area contributed by atoms with Gasteiger partial charge in [-0.05, 0) is 45.0 Å². The van der Waals surface area contributed by atoms with Crippen molar-refractivity contribution in [2.75, 3.05) is 12.9 Å². The first-order chi connectivity index (χ1) is 8.87. The number of thioether (sulfide) groups is 1. The summed E-state index contributed by atoms with van der Waals surface area (Å²) in [7, 11) is 1.62. The van der Waals surface area contributed by atoms with E-state index >= 15 is 0 Å².